The molecule has 0 spiro atoms. The van der Waals surface area contributed by atoms with Crippen LogP contribution in [-0.2, 0) is 4.57 Å². The first kappa shape index (κ1) is 13.8. The van der Waals surface area contributed by atoms with Crippen molar-refractivity contribution in [1.29, 1.82) is 0 Å². The molecule has 3 N–H and O–H groups in total. The first-order valence-electron chi connectivity index (χ1n) is 6.26. The minimum absolute atomic E-state index is 0.432. The molecule has 100 valence electrons. The van der Waals surface area contributed by atoms with Gasteiger partial charge in [-0.3, -0.25) is 4.57 Å². The van der Waals surface area contributed by atoms with Crippen molar-refractivity contribution in [3.05, 3.63) is 35.9 Å². The average molecular weight is 270 g/mol. The van der Waals surface area contributed by atoms with Gasteiger partial charge in [0.2, 0.25) is 7.37 Å². The second-order valence-electron chi connectivity index (χ2n) is 4.88. The fraction of sp³-hybridized carbons (Fsp3) is 0.538. The fourth-order valence-electron chi connectivity index (χ4n) is 2.54. The lowest BCUT2D eigenvalue weighted by atomic mass is 9.97. The zero-order valence-electron chi connectivity index (χ0n) is 10.1. The van der Waals surface area contributed by atoms with E-state index >= 15 is 0 Å². The Labute approximate surface area is 107 Å². The SMILES string of the molecule is O=P(O)([C@H](O)c1ccccc1)[C@H]1CCCC[C@@H]1O. The van der Waals surface area contributed by atoms with Gasteiger partial charge in [0.15, 0.2) is 5.85 Å². The van der Waals surface area contributed by atoms with Crippen molar-refractivity contribution in [2.24, 2.45) is 0 Å². The van der Waals surface area contributed by atoms with E-state index in [0.29, 0.717) is 18.4 Å². The maximum atomic E-state index is 12.4. The van der Waals surface area contributed by atoms with Crippen LogP contribution in [0.25, 0.3) is 0 Å². The van der Waals surface area contributed by atoms with E-state index in [9.17, 15) is 19.7 Å². The summed E-state index contributed by atoms with van der Waals surface area (Å²) in [7, 11) is -3.83. The van der Waals surface area contributed by atoms with E-state index in [0.717, 1.165) is 12.8 Å². The van der Waals surface area contributed by atoms with Crippen molar-refractivity contribution in [2.75, 3.05) is 0 Å². The molecule has 4 nitrogen and oxygen atoms in total. The smallest absolute Gasteiger partial charge is 0.238 e. The average Bonchev–Trinajstić information content (AvgIpc) is 2.39. The van der Waals surface area contributed by atoms with Crippen LogP contribution in [0.3, 0.4) is 0 Å². The zero-order chi connectivity index (χ0) is 13.2. The second kappa shape index (κ2) is 5.54. The van der Waals surface area contributed by atoms with Gasteiger partial charge in [0, 0.05) is 0 Å². The Bertz CT molecular complexity index is 434. The molecule has 18 heavy (non-hydrogen) atoms. The standard InChI is InChI=1S/C13H19O4P/c14-11-8-4-5-9-12(11)18(16,17)13(15)10-6-2-1-3-7-10/h1-3,6-7,11-15H,4-5,8-9H2,(H,16,17)/t11-,12-,13-/m0/s1. The molecule has 1 aliphatic rings. The molecule has 0 radical (unpaired) electrons. The van der Waals surface area contributed by atoms with Gasteiger partial charge in [0.1, 0.15) is 0 Å². The Kier molecular flexibility index (Phi) is 4.23. The summed E-state index contributed by atoms with van der Waals surface area (Å²) < 4.78 is 12.4. The molecule has 0 amide bonds. The molecule has 4 atom stereocenters. The molecule has 0 heterocycles. The van der Waals surface area contributed by atoms with Crippen LogP contribution in [0.4, 0.5) is 0 Å². The Hall–Kier alpha value is -0.670. The molecule has 1 aromatic carbocycles. The number of benzene rings is 1. The van der Waals surface area contributed by atoms with Crippen molar-refractivity contribution in [3.63, 3.8) is 0 Å². The van der Waals surface area contributed by atoms with Crippen molar-refractivity contribution in [1.82, 2.24) is 0 Å². The topological polar surface area (TPSA) is 77.8 Å². The van der Waals surface area contributed by atoms with E-state index in [1.54, 1.807) is 30.3 Å². The lowest BCUT2D eigenvalue weighted by Crippen LogP contribution is -2.31. The lowest BCUT2D eigenvalue weighted by molar-refractivity contribution is 0.122. The van der Waals surface area contributed by atoms with Gasteiger partial charge in [-0.2, -0.15) is 0 Å². The molecule has 0 saturated heterocycles. The van der Waals surface area contributed by atoms with Crippen LogP contribution >= 0.6 is 7.37 Å². The van der Waals surface area contributed by atoms with E-state index in [4.69, 9.17) is 0 Å². The highest BCUT2D eigenvalue weighted by Crippen LogP contribution is 2.61. The third-order valence-electron chi connectivity index (χ3n) is 3.62. The van der Waals surface area contributed by atoms with Gasteiger partial charge < -0.3 is 15.1 Å². The summed E-state index contributed by atoms with van der Waals surface area (Å²) in [6.07, 6.45) is 1.95. The predicted molar refractivity (Wildman–Crippen MR) is 69.5 cm³/mol. The van der Waals surface area contributed by atoms with Crippen molar-refractivity contribution < 1.29 is 19.7 Å². The lowest BCUT2D eigenvalue weighted by Gasteiger charge is -2.33. The fourth-order valence-corrected chi connectivity index (χ4v) is 4.70. The normalized spacial score (nSPS) is 29.5. The third-order valence-corrected chi connectivity index (χ3v) is 6.17. The van der Waals surface area contributed by atoms with Gasteiger partial charge in [-0.25, -0.2) is 0 Å². The van der Waals surface area contributed by atoms with Crippen molar-refractivity contribution in [3.8, 4) is 0 Å². The Balaban J connectivity index is 2.22. The number of hydrogen-bond donors (Lipinski definition) is 3. The summed E-state index contributed by atoms with van der Waals surface area (Å²) >= 11 is 0. The largest absolute Gasteiger partial charge is 0.392 e. The van der Waals surface area contributed by atoms with Crippen LogP contribution in [0, 0.1) is 0 Å². The van der Waals surface area contributed by atoms with Gasteiger partial charge in [-0.05, 0) is 18.4 Å². The van der Waals surface area contributed by atoms with Crippen LogP contribution in [0.2, 0.25) is 0 Å². The summed E-state index contributed by atoms with van der Waals surface area (Å²) in [6, 6.07) is 8.48. The minimum atomic E-state index is -3.83. The Morgan fingerprint density at radius 1 is 1.17 bits per heavy atom. The maximum Gasteiger partial charge on any atom is 0.238 e. The maximum absolute atomic E-state index is 12.4. The molecule has 2 rings (SSSR count). The first-order chi connectivity index (χ1) is 8.53. The summed E-state index contributed by atoms with van der Waals surface area (Å²) in [4.78, 5) is 10.2. The van der Waals surface area contributed by atoms with Crippen LogP contribution in [0.15, 0.2) is 30.3 Å². The third kappa shape index (κ3) is 2.67. The van der Waals surface area contributed by atoms with Gasteiger partial charge in [0.05, 0.1) is 11.8 Å². The minimum Gasteiger partial charge on any atom is -0.392 e. The van der Waals surface area contributed by atoms with Crippen molar-refractivity contribution >= 4 is 7.37 Å². The summed E-state index contributed by atoms with van der Waals surface area (Å²) in [6.45, 7) is 0. The van der Waals surface area contributed by atoms with E-state index in [2.05, 4.69) is 0 Å². The van der Waals surface area contributed by atoms with E-state index in [1.807, 2.05) is 0 Å². The van der Waals surface area contributed by atoms with Crippen LogP contribution in [0.1, 0.15) is 37.1 Å². The quantitative estimate of drug-likeness (QED) is 0.736. The summed E-state index contributed by atoms with van der Waals surface area (Å²) in [5.74, 6) is -1.41. The number of aliphatic hydroxyl groups is 2. The molecule has 1 saturated carbocycles. The number of hydrogen-bond acceptors (Lipinski definition) is 3. The summed E-state index contributed by atoms with van der Waals surface area (Å²) in [5, 5.41) is 20.0. The zero-order valence-corrected chi connectivity index (χ0v) is 11.0. The van der Waals surface area contributed by atoms with E-state index in [1.165, 1.54) is 0 Å². The Morgan fingerprint density at radius 3 is 2.39 bits per heavy atom. The number of aliphatic hydroxyl groups excluding tert-OH is 2. The Morgan fingerprint density at radius 2 is 1.78 bits per heavy atom. The number of rotatable bonds is 3. The van der Waals surface area contributed by atoms with Crippen LogP contribution in [0.5, 0.6) is 0 Å². The highest BCUT2D eigenvalue weighted by Gasteiger charge is 2.43. The van der Waals surface area contributed by atoms with Gasteiger partial charge in [-0.15, -0.1) is 0 Å². The molecule has 5 heteroatoms. The van der Waals surface area contributed by atoms with Gasteiger partial charge in [-0.1, -0.05) is 43.2 Å². The van der Waals surface area contributed by atoms with Crippen molar-refractivity contribution in [2.45, 2.75) is 43.3 Å². The second-order valence-corrected chi connectivity index (χ2v) is 7.37. The molecule has 1 aliphatic carbocycles. The molecule has 0 bridgehead atoms. The van der Waals surface area contributed by atoms with E-state index < -0.39 is 25.0 Å². The first-order valence-corrected chi connectivity index (χ1v) is 8.06. The molecule has 0 aromatic heterocycles. The van der Waals surface area contributed by atoms with E-state index in [-0.39, 0.29) is 0 Å². The van der Waals surface area contributed by atoms with Gasteiger partial charge in [0.25, 0.3) is 0 Å². The molecular formula is C13H19O4P. The monoisotopic (exact) mass is 270 g/mol. The highest BCUT2D eigenvalue weighted by molar-refractivity contribution is 7.59. The highest BCUT2D eigenvalue weighted by atomic mass is 31.2. The molecular weight excluding hydrogens is 251 g/mol. The van der Waals surface area contributed by atoms with Crippen LogP contribution in [-0.4, -0.2) is 26.9 Å². The van der Waals surface area contributed by atoms with Crippen LogP contribution < -0.4 is 0 Å². The molecule has 0 aliphatic heterocycles. The van der Waals surface area contributed by atoms with Gasteiger partial charge >= 0.3 is 0 Å². The predicted octanol–water partition coefficient (Wildman–Crippen LogP) is 2.25. The molecule has 1 aromatic rings. The summed E-state index contributed by atoms with van der Waals surface area (Å²) in [5.41, 5.74) is -0.275. The molecule has 1 unspecified atom stereocenters. The molecule has 1 fully saturated rings.